The van der Waals surface area contributed by atoms with E-state index in [-0.39, 0.29) is 30.6 Å². The largest absolute Gasteiger partial charge is 0.459 e. The summed E-state index contributed by atoms with van der Waals surface area (Å²) >= 11 is 0. The van der Waals surface area contributed by atoms with Crippen molar-refractivity contribution in [3.05, 3.63) is 54.0 Å². The van der Waals surface area contributed by atoms with Crippen LogP contribution in [0.25, 0.3) is 0 Å². The maximum absolute atomic E-state index is 12.4. The van der Waals surface area contributed by atoms with E-state index < -0.39 is 5.97 Å². The smallest absolute Gasteiger partial charge is 0.306 e. The Morgan fingerprint density at radius 1 is 1.15 bits per heavy atom. The zero-order valence-corrected chi connectivity index (χ0v) is 15.0. The van der Waals surface area contributed by atoms with E-state index in [2.05, 4.69) is 5.32 Å². The molecule has 142 valence electrons. The number of amides is 2. The lowest BCUT2D eigenvalue weighted by molar-refractivity contribution is -0.147. The lowest BCUT2D eigenvalue weighted by atomic mass is 10.0. The number of esters is 1. The molecule has 0 spiro atoms. The summed E-state index contributed by atoms with van der Waals surface area (Å²) in [6.45, 7) is 0.681. The summed E-state index contributed by atoms with van der Waals surface area (Å²) in [6.07, 6.45) is 3.81. The number of anilines is 1. The number of rotatable bonds is 7. The lowest BCUT2D eigenvalue weighted by Gasteiger charge is -2.29. The second-order valence-corrected chi connectivity index (χ2v) is 6.28. The molecular formula is C20H22N2O5. The van der Waals surface area contributed by atoms with E-state index in [0.29, 0.717) is 19.5 Å². The van der Waals surface area contributed by atoms with Gasteiger partial charge in [-0.25, -0.2) is 0 Å². The number of benzene rings is 1. The van der Waals surface area contributed by atoms with Crippen LogP contribution in [0.1, 0.15) is 35.4 Å². The van der Waals surface area contributed by atoms with Crippen LogP contribution < -0.4 is 10.2 Å². The highest BCUT2D eigenvalue weighted by molar-refractivity contribution is 5.96. The molecule has 1 aliphatic rings. The lowest BCUT2D eigenvalue weighted by Crippen LogP contribution is -2.38. The number of nitrogens with zero attached hydrogens (tertiary/aromatic N) is 1. The van der Waals surface area contributed by atoms with Gasteiger partial charge >= 0.3 is 5.97 Å². The first-order valence-electron chi connectivity index (χ1n) is 9.01. The number of hydrogen-bond acceptors (Lipinski definition) is 5. The van der Waals surface area contributed by atoms with Crippen molar-refractivity contribution >= 4 is 23.5 Å². The minimum Gasteiger partial charge on any atom is -0.459 e. The minimum absolute atomic E-state index is 0.127. The van der Waals surface area contributed by atoms with E-state index >= 15 is 0 Å². The summed E-state index contributed by atoms with van der Waals surface area (Å²) < 4.78 is 10.1. The maximum Gasteiger partial charge on any atom is 0.306 e. The Balaban J connectivity index is 1.37. The molecule has 0 radical (unpaired) electrons. The predicted molar refractivity (Wildman–Crippen MR) is 98.4 cm³/mol. The third kappa shape index (κ3) is 4.97. The number of hydrogen-bond donors (Lipinski definition) is 1. The molecule has 7 nitrogen and oxygen atoms in total. The number of carbonyl (C=O) groups is 3. The molecule has 0 bridgehead atoms. The average Bonchev–Trinajstić information content (AvgIpc) is 3.24. The molecule has 0 saturated carbocycles. The van der Waals surface area contributed by atoms with Crippen LogP contribution in [0.3, 0.4) is 0 Å². The van der Waals surface area contributed by atoms with E-state index in [0.717, 1.165) is 24.1 Å². The van der Waals surface area contributed by atoms with Gasteiger partial charge in [-0.1, -0.05) is 18.2 Å². The Labute approximate surface area is 157 Å². The van der Waals surface area contributed by atoms with Gasteiger partial charge in [-0.2, -0.15) is 0 Å². The van der Waals surface area contributed by atoms with Crippen LogP contribution in [0.4, 0.5) is 5.69 Å². The fraction of sp³-hybridized carbons (Fsp3) is 0.350. The van der Waals surface area contributed by atoms with Crippen LogP contribution in [0.15, 0.2) is 47.1 Å². The summed E-state index contributed by atoms with van der Waals surface area (Å²) in [5.74, 6) is -0.778. The van der Waals surface area contributed by atoms with Gasteiger partial charge in [0.15, 0.2) is 12.4 Å². The second-order valence-electron chi connectivity index (χ2n) is 6.28. The second kappa shape index (κ2) is 9.02. The number of ether oxygens (including phenoxy) is 1. The summed E-state index contributed by atoms with van der Waals surface area (Å²) in [5.41, 5.74) is 2.03. The normalized spacial score (nSPS) is 13.0. The molecule has 0 atom stereocenters. The van der Waals surface area contributed by atoms with Gasteiger partial charge in [0.25, 0.3) is 11.8 Å². The standard InChI is InChI=1S/C20H22N2O5/c23-18(22-12-4-7-15-6-1-2-8-16(15)22)14-27-19(24)10-3-11-21-20(25)17-9-5-13-26-17/h1-2,5-6,8-9,13H,3-4,7,10-12,14H2,(H,21,25). The number of nitrogens with one attached hydrogen (secondary N) is 1. The Kier molecular flexibility index (Phi) is 6.25. The Morgan fingerprint density at radius 3 is 2.81 bits per heavy atom. The molecule has 2 heterocycles. The highest BCUT2D eigenvalue weighted by Gasteiger charge is 2.22. The van der Waals surface area contributed by atoms with E-state index in [1.54, 1.807) is 17.0 Å². The summed E-state index contributed by atoms with van der Waals surface area (Å²) in [5, 5.41) is 2.65. The van der Waals surface area contributed by atoms with Gasteiger partial charge in [-0.15, -0.1) is 0 Å². The van der Waals surface area contributed by atoms with E-state index in [1.165, 1.54) is 6.26 Å². The van der Waals surface area contributed by atoms with Gasteiger partial charge in [-0.3, -0.25) is 14.4 Å². The molecule has 0 saturated heterocycles. The minimum atomic E-state index is -0.458. The number of para-hydroxylation sites is 1. The van der Waals surface area contributed by atoms with Crippen LogP contribution >= 0.6 is 0 Å². The predicted octanol–water partition coefficient (Wildman–Crippen LogP) is 2.31. The van der Waals surface area contributed by atoms with Crippen molar-refractivity contribution in [2.24, 2.45) is 0 Å². The molecule has 0 unspecified atom stereocenters. The molecular weight excluding hydrogens is 348 g/mol. The number of furan rings is 1. The fourth-order valence-corrected chi connectivity index (χ4v) is 3.01. The summed E-state index contributed by atoms with van der Waals surface area (Å²) in [6, 6.07) is 11.0. The van der Waals surface area contributed by atoms with E-state index in [9.17, 15) is 14.4 Å². The Morgan fingerprint density at radius 2 is 2.00 bits per heavy atom. The highest BCUT2D eigenvalue weighted by Crippen LogP contribution is 2.26. The molecule has 1 aromatic heterocycles. The SMILES string of the molecule is O=C(CCCNC(=O)c1ccco1)OCC(=O)N1CCCc2ccccc21. The number of carbonyl (C=O) groups excluding carboxylic acids is 3. The summed E-state index contributed by atoms with van der Waals surface area (Å²) in [7, 11) is 0. The first-order chi connectivity index (χ1) is 13.1. The third-order valence-corrected chi connectivity index (χ3v) is 4.36. The van der Waals surface area contributed by atoms with Gasteiger partial charge in [0.1, 0.15) is 0 Å². The Bertz CT molecular complexity index is 800. The van der Waals surface area contributed by atoms with Crippen LogP contribution in [-0.4, -0.2) is 37.5 Å². The molecule has 7 heteroatoms. The molecule has 0 aliphatic carbocycles. The van der Waals surface area contributed by atoms with E-state index in [1.807, 2.05) is 24.3 Å². The molecule has 27 heavy (non-hydrogen) atoms. The van der Waals surface area contributed by atoms with Crippen LogP contribution in [0, 0.1) is 0 Å². The molecule has 0 fully saturated rings. The van der Waals surface area contributed by atoms with Crippen molar-refractivity contribution in [2.75, 3.05) is 24.6 Å². The quantitative estimate of drug-likeness (QED) is 0.597. The van der Waals surface area contributed by atoms with Crippen molar-refractivity contribution in [3.63, 3.8) is 0 Å². The van der Waals surface area contributed by atoms with Crippen LogP contribution in [0.5, 0.6) is 0 Å². The number of fused-ring (bicyclic) bond motifs is 1. The van der Waals surface area contributed by atoms with Crippen molar-refractivity contribution in [2.45, 2.75) is 25.7 Å². The van der Waals surface area contributed by atoms with Gasteiger partial charge in [-0.05, 0) is 43.0 Å². The van der Waals surface area contributed by atoms with Gasteiger partial charge in [0, 0.05) is 25.2 Å². The molecule has 1 N–H and O–H groups in total. The maximum atomic E-state index is 12.4. The van der Waals surface area contributed by atoms with Crippen LogP contribution in [0.2, 0.25) is 0 Å². The van der Waals surface area contributed by atoms with Crippen LogP contribution in [-0.2, 0) is 20.7 Å². The van der Waals surface area contributed by atoms with Crippen molar-refractivity contribution in [1.29, 1.82) is 0 Å². The Hall–Kier alpha value is -3.09. The zero-order chi connectivity index (χ0) is 19.1. The topological polar surface area (TPSA) is 88.9 Å². The van der Waals surface area contributed by atoms with Gasteiger partial charge < -0.3 is 19.4 Å². The molecule has 2 aromatic rings. The zero-order valence-electron chi connectivity index (χ0n) is 15.0. The average molecular weight is 370 g/mol. The molecule has 1 aliphatic heterocycles. The third-order valence-electron chi connectivity index (χ3n) is 4.36. The fourth-order valence-electron chi connectivity index (χ4n) is 3.01. The highest BCUT2D eigenvalue weighted by atomic mass is 16.5. The van der Waals surface area contributed by atoms with Crippen molar-refractivity contribution in [3.8, 4) is 0 Å². The van der Waals surface area contributed by atoms with Crippen molar-refractivity contribution in [1.82, 2.24) is 5.32 Å². The first kappa shape index (κ1) is 18.7. The van der Waals surface area contributed by atoms with Gasteiger partial charge in [0.2, 0.25) is 0 Å². The molecule has 3 rings (SSSR count). The summed E-state index contributed by atoms with van der Waals surface area (Å²) in [4.78, 5) is 37.6. The van der Waals surface area contributed by atoms with E-state index in [4.69, 9.17) is 9.15 Å². The van der Waals surface area contributed by atoms with Gasteiger partial charge in [0.05, 0.1) is 6.26 Å². The van der Waals surface area contributed by atoms with Crippen molar-refractivity contribution < 1.29 is 23.5 Å². The monoisotopic (exact) mass is 370 g/mol. The number of aryl methyl sites for hydroxylation is 1. The molecule has 2 amide bonds. The molecule has 1 aromatic carbocycles. The first-order valence-corrected chi connectivity index (χ1v) is 9.01.